The normalized spacial score (nSPS) is 10.8. The number of hydrogen-bond donors (Lipinski definition) is 2. The smallest absolute Gasteiger partial charge is 0.305 e. The lowest BCUT2D eigenvalue weighted by atomic mass is 10.1. The minimum absolute atomic E-state index is 0.0895. The van der Waals surface area contributed by atoms with Crippen LogP contribution in [-0.4, -0.2) is 21.6 Å². The van der Waals surface area contributed by atoms with Crippen molar-refractivity contribution in [3.8, 4) is 5.69 Å². The Kier molecular flexibility index (Phi) is 4.63. The molecule has 0 aliphatic carbocycles. The zero-order chi connectivity index (χ0) is 19.5. The molecule has 0 atom stereocenters. The standard InChI is InChI=1S/C21H18N4O3/c1-14-17-9-5-6-10-18(17)28-20(14)21(27)24-23-19(26)11-15-12-22-25(13-15)16-7-3-2-4-8-16/h2-10,12-13H,11H2,1H3,(H,23,26)(H,24,27). The Morgan fingerprint density at radius 1 is 1.04 bits per heavy atom. The second kappa shape index (κ2) is 7.40. The van der Waals surface area contributed by atoms with E-state index in [0.717, 1.165) is 22.2 Å². The minimum atomic E-state index is -0.498. The average Bonchev–Trinajstić information content (AvgIpc) is 3.32. The molecule has 2 amide bonds. The molecular formula is C21H18N4O3. The topological polar surface area (TPSA) is 89.2 Å². The summed E-state index contributed by atoms with van der Waals surface area (Å²) in [4.78, 5) is 24.5. The van der Waals surface area contributed by atoms with Crippen molar-refractivity contribution < 1.29 is 14.0 Å². The van der Waals surface area contributed by atoms with E-state index in [0.29, 0.717) is 5.58 Å². The van der Waals surface area contributed by atoms with Gasteiger partial charge in [-0.15, -0.1) is 0 Å². The van der Waals surface area contributed by atoms with Crippen LogP contribution in [0, 0.1) is 6.92 Å². The van der Waals surface area contributed by atoms with E-state index in [4.69, 9.17) is 4.42 Å². The number of carbonyl (C=O) groups excluding carboxylic acids is 2. The van der Waals surface area contributed by atoms with E-state index in [1.54, 1.807) is 30.1 Å². The van der Waals surface area contributed by atoms with Crippen LogP contribution in [0.15, 0.2) is 71.4 Å². The maximum atomic E-state index is 12.3. The van der Waals surface area contributed by atoms with Crippen molar-refractivity contribution in [1.82, 2.24) is 20.6 Å². The number of amides is 2. The van der Waals surface area contributed by atoms with Crippen molar-refractivity contribution in [3.63, 3.8) is 0 Å². The van der Waals surface area contributed by atoms with Crippen LogP contribution >= 0.6 is 0 Å². The molecule has 2 N–H and O–H groups in total. The number of benzene rings is 2. The Bertz CT molecular complexity index is 1140. The number of hydrogen-bond acceptors (Lipinski definition) is 4. The molecule has 0 radical (unpaired) electrons. The molecule has 4 rings (SSSR count). The molecule has 0 aliphatic rings. The maximum Gasteiger partial charge on any atom is 0.305 e. The first-order valence-corrected chi connectivity index (χ1v) is 8.78. The fraction of sp³-hybridized carbons (Fsp3) is 0.0952. The van der Waals surface area contributed by atoms with Crippen molar-refractivity contribution in [2.45, 2.75) is 13.3 Å². The number of nitrogens with zero attached hydrogens (tertiary/aromatic N) is 2. The third-order valence-corrected chi connectivity index (χ3v) is 4.39. The summed E-state index contributed by atoms with van der Waals surface area (Å²) in [7, 11) is 0. The van der Waals surface area contributed by atoms with Gasteiger partial charge >= 0.3 is 5.91 Å². The van der Waals surface area contributed by atoms with E-state index < -0.39 is 5.91 Å². The number of fused-ring (bicyclic) bond motifs is 1. The van der Waals surface area contributed by atoms with Gasteiger partial charge in [0.1, 0.15) is 5.58 Å². The van der Waals surface area contributed by atoms with Crippen LogP contribution in [0.4, 0.5) is 0 Å². The monoisotopic (exact) mass is 374 g/mol. The summed E-state index contributed by atoms with van der Waals surface area (Å²) in [6.45, 7) is 1.81. The van der Waals surface area contributed by atoms with Gasteiger partial charge in [0, 0.05) is 17.1 Å². The molecule has 0 unspecified atom stereocenters. The first-order chi connectivity index (χ1) is 13.6. The number of hydrazine groups is 1. The second-order valence-electron chi connectivity index (χ2n) is 6.36. The van der Waals surface area contributed by atoms with Crippen LogP contribution in [0.3, 0.4) is 0 Å². The van der Waals surface area contributed by atoms with Crippen LogP contribution in [0.25, 0.3) is 16.7 Å². The highest BCUT2D eigenvalue weighted by molar-refractivity contribution is 5.99. The van der Waals surface area contributed by atoms with Gasteiger partial charge in [0.15, 0.2) is 5.76 Å². The van der Waals surface area contributed by atoms with E-state index in [2.05, 4.69) is 16.0 Å². The highest BCUT2D eigenvalue weighted by Crippen LogP contribution is 2.24. The van der Waals surface area contributed by atoms with Crippen LogP contribution in [0.5, 0.6) is 0 Å². The van der Waals surface area contributed by atoms with Gasteiger partial charge in [0.2, 0.25) is 5.91 Å². The Morgan fingerprint density at radius 2 is 1.79 bits per heavy atom. The zero-order valence-electron chi connectivity index (χ0n) is 15.2. The molecule has 0 bridgehead atoms. The highest BCUT2D eigenvalue weighted by Gasteiger charge is 2.18. The summed E-state index contributed by atoms with van der Waals surface area (Å²) in [5, 5.41) is 5.12. The number of aryl methyl sites for hydroxylation is 1. The van der Waals surface area contributed by atoms with Gasteiger partial charge in [-0.3, -0.25) is 20.4 Å². The summed E-state index contributed by atoms with van der Waals surface area (Å²) in [5.41, 5.74) is 7.81. The number of carbonyl (C=O) groups is 2. The van der Waals surface area contributed by atoms with Crippen molar-refractivity contribution in [1.29, 1.82) is 0 Å². The Labute approximate surface area is 160 Å². The zero-order valence-corrected chi connectivity index (χ0v) is 15.2. The molecule has 7 nitrogen and oxygen atoms in total. The molecule has 28 heavy (non-hydrogen) atoms. The van der Waals surface area contributed by atoms with E-state index in [9.17, 15) is 9.59 Å². The SMILES string of the molecule is Cc1c(C(=O)NNC(=O)Cc2cnn(-c3ccccc3)c2)oc2ccccc12. The molecule has 0 fully saturated rings. The van der Waals surface area contributed by atoms with Crippen molar-refractivity contribution in [2.24, 2.45) is 0 Å². The molecule has 7 heteroatoms. The average molecular weight is 374 g/mol. The Balaban J connectivity index is 1.37. The summed E-state index contributed by atoms with van der Waals surface area (Å²) in [6, 6.07) is 17.0. The van der Waals surface area contributed by atoms with Crippen LogP contribution in [0.2, 0.25) is 0 Å². The summed E-state index contributed by atoms with van der Waals surface area (Å²) < 4.78 is 7.28. The molecule has 2 aromatic carbocycles. The van der Waals surface area contributed by atoms with Gasteiger partial charge in [-0.2, -0.15) is 5.10 Å². The van der Waals surface area contributed by atoms with Gasteiger partial charge < -0.3 is 4.42 Å². The maximum absolute atomic E-state index is 12.3. The van der Waals surface area contributed by atoms with Gasteiger partial charge in [0.25, 0.3) is 0 Å². The fourth-order valence-corrected chi connectivity index (χ4v) is 2.98. The summed E-state index contributed by atoms with van der Waals surface area (Å²) in [5.74, 6) is -0.671. The third kappa shape index (κ3) is 3.50. The van der Waals surface area contributed by atoms with Gasteiger partial charge in [-0.25, -0.2) is 4.68 Å². The number of nitrogens with one attached hydrogen (secondary N) is 2. The van der Waals surface area contributed by atoms with Gasteiger partial charge in [-0.1, -0.05) is 36.4 Å². The number of furan rings is 1. The van der Waals surface area contributed by atoms with E-state index in [1.807, 2.05) is 48.5 Å². The molecule has 0 saturated heterocycles. The van der Waals surface area contributed by atoms with E-state index in [1.165, 1.54) is 0 Å². The van der Waals surface area contributed by atoms with Gasteiger partial charge in [0.05, 0.1) is 18.3 Å². The third-order valence-electron chi connectivity index (χ3n) is 4.39. The first kappa shape index (κ1) is 17.5. The molecular weight excluding hydrogens is 356 g/mol. The van der Waals surface area contributed by atoms with Crippen LogP contribution in [0.1, 0.15) is 21.7 Å². The molecule has 140 valence electrons. The number of rotatable bonds is 4. The lowest BCUT2D eigenvalue weighted by molar-refractivity contribution is -0.121. The van der Waals surface area contributed by atoms with E-state index >= 15 is 0 Å². The fourth-order valence-electron chi connectivity index (χ4n) is 2.98. The molecule has 0 saturated carbocycles. The molecule has 2 heterocycles. The Hall–Kier alpha value is -3.87. The van der Waals surface area contributed by atoms with Crippen LogP contribution in [-0.2, 0) is 11.2 Å². The highest BCUT2D eigenvalue weighted by atomic mass is 16.3. The van der Waals surface area contributed by atoms with Gasteiger partial charge in [-0.05, 0) is 30.7 Å². The van der Waals surface area contributed by atoms with Crippen molar-refractivity contribution in [3.05, 3.63) is 83.9 Å². The molecule has 0 spiro atoms. The summed E-state index contributed by atoms with van der Waals surface area (Å²) >= 11 is 0. The second-order valence-corrected chi connectivity index (χ2v) is 6.36. The minimum Gasteiger partial charge on any atom is -0.451 e. The summed E-state index contributed by atoms with van der Waals surface area (Å²) in [6.07, 6.45) is 3.49. The largest absolute Gasteiger partial charge is 0.451 e. The van der Waals surface area contributed by atoms with Crippen LogP contribution < -0.4 is 10.9 Å². The predicted octanol–water partition coefficient (Wildman–Crippen LogP) is 2.93. The van der Waals surface area contributed by atoms with Crippen molar-refractivity contribution >= 4 is 22.8 Å². The van der Waals surface area contributed by atoms with E-state index in [-0.39, 0.29) is 18.1 Å². The first-order valence-electron chi connectivity index (χ1n) is 8.78. The number of aromatic nitrogens is 2. The predicted molar refractivity (Wildman–Crippen MR) is 104 cm³/mol. The molecule has 2 aromatic heterocycles. The van der Waals surface area contributed by atoms with Crippen molar-refractivity contribution in [2.75, 3.05) is 0 Å². The lowest BCUT2D eigenvalue weighted by Gasteiger charge is -2.05. The lowest BCUT2D eigenvalue weighted by Crippen LogP contribution is -2.42. The molecule has 0 aliphatic heterocycles. The Morgan fingerprint density at radius 3 is 2.57 bits per heavy atom. The molecule has 4 aromatic rings. The quantitative estimate of drug-likeness (QED) is 0.538. The number of para-hydroxylation sites is 2.